The van der Waals surface area contributed by atoms with Gasteiger partial charge in [0.1, 0.15) is 11.3 Å². The Kier molecular flexibility index (Phi) is 3.36. The number of hydrogen-bond acceptors (Lipinski definition) is 4. The molecule has 0 bridgehead atoms. The third-order valence-electron chi connectivity index (χ3n) is 2.78. The molecule has 2 rings (SSSR count). The summed E-state index contributed by atoms with van der Waals surface area (Å²) in [6, 6.07) is 4.55. The Balaban J connectivity index is 2.35. The fourth-order valence-electron chi connectivity index (χ4n) is 1.94. The number of carboxylic acid groups (broad SMARTS) is 1. The molecule has 0 aliphatic carbocycles. The van der Waals surface area contributed by atoms with Crippen molar-refractivity contribution in [1.82, 2.24) is 5.32 Å². The van der Waals surface area contributed by atoms with E-state index in [4.69, 9.17) is 9.84 Å². The Labute approximate surface area is 104 Å². The van der Waals surface area contributed by atoms with Crippen LogP contribution in [0.1, 0.15) is 28.4 Å². The predicted octanol–water partition coefficient (Wildman–Crippen LogP) is 1.56. The van der Waals surface area contributed by atoms with Crippen LogP contribution in [0.2, 0.25) is 0 Å². The van der Waals surface area contributed by atoms with Gasteiger partial charge in [0.05, 0.1) is 19.8 Å². The van der Waals surface area contributed by atoms with Crippen LogP contribution in [0.4, 0.5) is 4.79 Å². The third kappa shape index (κ3) is 2.22. The fraction of sp³-hybridized carbons (Fsp3) is 0.333. The van der Waals surface area contributed by atoms with E-state index in [2.05, 4.69) is 10.1 Å². The molecule has 0 radical (unpaired) electrons. The summed E-state index contributed by atoms with van der Waals surface area (Å²) < 4.78 is 9.93. The van der Waals surface area contributed by atoms with Crippen molar-refractivity contribution < 1.29 is 24.2 Å². The van der Waals surface area contributed by atoms with Crippen molar-refractivity contribution in [3.63, 3.8) is 0 Å². The fourth-order valence-corrected chi connectivity index (χ4v) is 1.94. The molecule has 0 fully saturated rings. The molecule has 2 N–H and O–H groups in total. The van der Waals surface area contributed by atoms with Crippen LogP contribution in [0, 0.1) is 0 Å². The summed E-state index contributed by atoms with van der Waals surface area (Å²) in [6.07, 6.45) is 0.0270. The first-order chi connectivity index (χ1) is 8.63. The van der Waals surface area contributed by atoms with E-state index in [1.165, 1.54) is 13.2 Å². The number of rotatable bonds is 2. The topological polar surface area (TPSA) is 84.9 Å². The Morgan fingerprint density at radius 1 is 1.50 bits per heavy atom. The second-order valence-electron chi connectivity index (χ2n) is 3.85. The number of fused-ring (bicyclic) bond motifs is 1. The van der Waals surface area contributed by atoms with Gasteiger partial charge in [0.15, 0.2) is 0 Å². The number of benzene rings is 1. The zero-order chi connectivity index (χ0) is 13.1. The Morgan fingerprint density at radius 3 is 2.94 bits per heavy atom. The molecule has 1 amide bonds. The van der Waals surface area contributed by atoms with Gasteiger partial charge in [-0.15, -0.1) is 0 Å². The van der Waals surface area contributed by atoms with Crippen molar-refractivity contribution in [3.05, 3.63) is 29.3 Å². The van der Waals surface area contributed by atoms with Gasteiger partial charge in [-0.1, -0.05) is 12.1 Å². The van der Waals surface area contributed by atoms with E-state index in [-0.39, 0.29) is 11.6 Å². The van der Waals surface area contributed by atoms with Crippen molar-refractivity contribution in [2.24, 2.45) is 0 Å². The molecule has 6 heteroatoms. The van der Waals surface area contributed by atoms with Gasteiger partial charge in [0.25, 0.3) is 0 Å². The number of carbonyl (C=O) groups excluding carboxylic acids is 1. The highest BCUT2D eigenvalue weighted by atomic mass is 16.5. The summed E-state index contributed by atoms with van der Waals surface area (Å²) in [7, 11) is 1.28. The van der Waals surface area contributed by atoms with Crippen molar-refractivity contribution in [2.45, 2.75) is 12.5 Å². The molecular weight excluding hydrogens is 238 g/mol. The zero-order valence-corrected chi connectivity index (χ0v) is 9.80. The first-order valence-corrected chi connectivity index (χ1v) is 5.47. The van der Waals surface area contributed by atoms with Crippen molar-refractivity contribution in [2.75, 3.05) is 13.7 Å². The number of alkyl carbamates (subject to hydrolysis) is 1. The molecule has 1 aromatic rings. The monoisotopic (exact) mass is 251 g/mol. The number of hydrogen-bond donors (Lipinski definition) is 2. The summed E-state index contributed by atoms with van der Waals surface area (Å²) in [5.41, 5.74) is 0.760. The highest BCUT2D eigenvalue weighted by molar-refractivity contribution is 5.91. The number of ether oxygens (including phenoxy) is 2. The highest BCUT2D eigenvalue weighted by Gasteiger charge is 2.27. The minimum Gasteiger partial charge on any atom is -0.492 e. The van der Waals surface area contributed by atoms with Gasteiger partial charge in [-0.25, -0.2) is 9.59 Å². The predicted molar refractivity (Wildman–Crippen MR) is 61.8 cm³/mol. The molecular formula is C12H13NO5. The van der Waals surface area contributed by atoms with E-state index in [9.17, 15) is 9.59 Å². The molecule has 96 valence electrons. The molecule has 0 aromatic heterocycles. The normalized spacial score (nSPS) is 17.3. The highest BCUT2D eigenvalue weighted by Crippen LogP contribution is 2.34. The summed E-state index contributed by atoms with van der Waals surface area (Å²) in [4.78, 5) is 22.3. The quantitative estimate of drug-likeness (QED) is 0.833. The van der Waals surface area contributed by atoms with Crippen LogP contribution in [0.3, 0.4) is 0 Å². The maximum Gasteiger partial charge on any atom is 0.407 e. The molecule has 18 heavy (non-hydrogen) atoms. The summed E-state index contributed by atoms with van der Waals surface area (Å²) >= 11 is 0. The lowest BCUT2D eigenvalue weighted by Gasteiger charge is -2.27. The molecule has 1 aliphatic heterocycles. The maximum atomic E-state index is 11.2. The van der Waals surface area contributed by atoms with Gasteiger partial charge in [0.2, 0.25) is 0 Å². The molecule has 0 unspecified atom stereocenters. The standard InChI is InChI=1S/C12H13NO5/c1-17-12(16)13-9-5-6-18-10-7(9)3-2-4-8(10)11(14)15/h2-4,9H,5-6H2,1H3,(H,13,16)(H,14,15)/t9-/m0/s1. The second-order valence-corrected chi connectivity index (χ2v) is 3.85. The summed E-state index contributed by atoms with van der Waals surface area (Å²) in [6.45, 7) is 0.353. The molecule has 6 nitrogen and oxygen atoms in total. The largest absolute Gasteiger partial charge is 0.492 e. The van der Waals surface area contributed by atoms with Crippen LogP contribution in [-0.4, -0.2) is 30.9 Å². The number of amides is 1. The van der Waals surface area contributed by atoms with Crippen LogP contribution in [0.5, 0.6) is 5.75 Å². The lowest BCUT2D eigenvalue weighted by molar-refractivity contribution is 0.0690. The smallest absolute Gasteiger partial charge is 0.407 e. The number of methoxy groups -OCH3 is 1. The van der Waals surface area contributed by atoms with Gasteiger partial charge < -0.3 is 19.9 Å². The van der Waals surface area contributed by atoms with E-state index in [1.807, 2.05) is 0 Å². The average Bonchev–Trinajstić information content (AvgIpc) is 2.38. The van der Waals surface area contributed by atoms with Gasteiger partial charge in [-0.3, -0.25) is 0 Å². The molecule has 1 atom stereocenters. The maximum absolute atomic E-state index is 11.2. The lowest BCUT2D eigenvalue weighted by Crippen LogP contribution is -2.32. The molecule has 1 heterocycles. The van der Waals surface area contributed by atoms with E-state index < -0.39 is 12.1 Å². The van der Waals surface area contributed by atoms with Gasteiger partial charge in [0, 0.05) is 12.0 Å². The van der Waals surface area contributed by atoms with Crippen LogP contribution in [-0.2, 0) is 4.74 Å². The number of para-hydroxylation sites is 1. The number of carbonyl (C=O) groups is 2. The van der Waals surface area contributed by atoms with Crippen molar-refractivity contribution in [3.8, 4) is 5.75 Å². The third-order valence-corrected chi connectivity index (χ3v) is 2.78. The van der Waals surface area contributed by atoms with E-state index >= 15 is 0 Å². The molecule has 0 saturated heterocycles. The molecule has 1 aromatic carbocycles. The zero-order valence-electron chi connectivity index (χ0n) is 9.80. The number of carboxylic acids is 1. The van der Waals surface area contributed by atoms with Crippen LogP contribution >= 0.6 is 0 Å². The first kappa shape index (κ1) is 12.2. The van der Waals surface area contributed by atoms with Crippen LogP contribution < -0.4 is 10.1 Å². The summed E-state index contributed by atoms with van der Waals surface area (Å²) in [5.74, 6) is -0.733. The van der Waals surface area contributed by atoms with E-state index in [0.717, 1.165) is 0 Å². The van der Waals surface area contributed by atoms with E-state index in [1.54, 1.807) is 12.1 Å². The van der Waals surface area contributed by atoms with Gasteiger partial charge in [-0.05, 0) is 6.07 Å². The Bertz CT molecular complexity index is 485. The lowest BCUT2D eigenvalue weighted by atomic mass is 9.97. The molecule has 1 aliphatic rings. The number of aromatic carboxylic acids is 1. The van der Waals surface area contributed by atoms with Crippen molar-refractivity contribution >= 4 is 12.1 Å². The van der Waals surface area contributed by atoms with Gasteiger partial charge >= 0.3 is 12.1 Å². The van der Waals surface area contributed by atoms with Crippen LogP contribution in [0.15, 0.2) is 18.2 Å². The van der Waals surface area contributed by atoms with Crippen LogP contribution in [0.25, 0.3) is 0 Å². The Hall–Kier alpha value is -2.24. The Morgan fingerprint density at radius 2 is 2.28 bits per heavy atom. The van der Waals surface area contributed by atoms with Crippen molar-refractivity contribution in [1.29, 1.82) is 0 Å². The van der Waals surface area contributed by atoms with E-state index in [0.29, 0.717) is 24.3 Å². The summed E-state index contributed by atoms with van der Waals surface area (Å²) in [5, 5.41) is 11.7. The minimum absolute atomic E-state index is 0.101. The second kappa shape index (κ2) is 4.95. The minimum atomic E-state index is -1.05. The first-order valence-electron chi connectivity index (χ1n) is 5.47. The SMILES string of the molecule is COC(=O)N[C@H]1CCOc2c(C(=O)O)cccc21. The van der Waals surface area contributed by atoms with Gasteiger partial charge in [-0.2, -0.15) is 0 Å². The number of nitrogens with one attached hydrogen (secondary N) is 1. The molecule has 0 spiro atoms. The average molecular weight is 251 g/mol. The molecule has 0 saturated carbocycles.